The van der Waals surface area contributed by atoms with Crippen molar-refractivity contribution >= 4 is 0 Å². The van der Waals surface area contributed by atoms with Gasteiger partial charge in [-0.1, -0.05) is 24.3 Å². The first-order valence-electron chi connectivity index (χ1n) is 7.39. The quantitative estimate of drug-likeness (QED) is 0.899. The van der Waals surface area contributed by atoms with E-state index in [-0.39, 0.29) is 0 Å². The first kappa shape index (κ1) is 13.1. The molecule has 0 aliphatic carbocycles. The Kier molecular flexibility index (Phi) is 3.87. The minimum absolute atomic E-state index is 0.365. The monoisotopic (exact) mass is 260 g/mol. The van der Waals surface area contributed by atoms with Crippen LogP contribution < -0.4 is 5.32 Å². The summed E-state index contributed by atoms with van der Waals surface area (Å²) in [5.74, 6) is 0. The van der Waals surface area contributed by atoms with E-state index in [1.807, 2.05) is 0 Å². The molecule has 3 nitrogen and oxygen atoms in total. The van der Waals surface area contributed by atoms with E-state index in [9.17, 15) is 0 Å². The summed E-state index contributed by atoms with van der Waals surface area (Å²) >= 11 is 0. The van der Waals surface area contributed by atoms with E-state index in [1.165, 1.54) is 11.1 Å². The third kappa shape index (κ3) is 2.69. The number of fused-ring (bicyclic) bond motifs is 1. The third-order valence-corrected chi connectivity index (χ3v) is 4.59. The lowest BCUT2D eigenvalue weighted by atomic mass is 9.93. The second-order valence-electron chi connectivity index (χ2n) is 5.83. The van der Waals surface area contributed by atoms with Gasteiger partial charge >= 0.3 is 0 Å². The summed E-state index contributed by atoms with van der Waals surface area (Å²) < 4.78 is 5.68. The molecule has 2 heterocycles. The summed E-state index contributed by atoms with van der Waals surface area (Å²) in [7, 11) is 2.23. The molecule has 1 aromatic carbocycles. The Labute approximate surface area is 115 Å². The number of hydrogen-bond acceptors (Lipinski definition) is 3. The molecular formula is C16H24N2O. The van der Waals surface area contributed by atoms with Crippen molar-refractivity contribution in [2.75, 3.05) is 26.7 Å². The van der Waals surface area contributed by atoms with Gasteiger partial charge in [0.1, 0.15) is 0 Å². The highest BCUT2D eigenvalue weighted by atomic mass is 16.5. The van der Waals surface area contributed by atoms with Gasteiger partial charge in [-0.05, 0) is 44.5 Å². The van der Waals surface area contributed by atoms with Crippen molar-refractivity contribution in [1.29, 1.82) is 0 Å². The van der Waals surface area contributed by atoms with Crippen LogP contribution in [0.5, 0.6) is 0 Å². The molecule has 19 heavy (non-hydrogen) atoms. The summed E-state index contributed by atoms with van der Waals surface area (Å²) in [5.41, 5.74) is 2.99. The predicted octanol–water partition coefficient (Wildman–Crippen LogP) is 1.98. The highest BCUT2D eigenvalue weighted by Crippen LogP contribution is 2.25. The lowest BCUT2D eigenvalue weighted by Gasteiger charge is -2.34. The van der Waals surface area contributed by atoms with E-state index >= 15 is 0 Å². The molecule has 2 aliphatic heterocycles. The van der Waals surface area contributed by atoms with Crippen LogP contribution in [0.2, 0.25) is 0 Å². The SMILES string of the molecule is CC1OCCC1N(C)CC1NCCc2ccccc21. The molecule has 104 valence electrons. The molecule has 3 unspecified atom stereocenters. The first-order chi connectivity index (χ1) is 9.25. The topological polar surface area (TPSA) is 24.5 Å². The van der Waals surface area contributed by atoms with Crippen molar-refractivity contribution in [3.05, 3.63) is 35.4 Å². The summed E-state index contributed by atoms with van der Waals surface area (Å²) in [5, 5.41) is 3.66. The van der Waals surface area contributed by atoms with Crippen LogP contribution >= 0.6 is 0 Å². The standard InChI is InChI=1S/C16H24N2O/c1-12-16(8-10-19-12)18(2)11-15-14-6-4-3-5-13(14)7-9-17-15/h3-6,12,15-17H,7-11H2,1-2H3. The van der Waals surface area contributed by atoms with Crippen LogP contribution in [-0.4, -0.2) is 43.8 Å². The second-order valence-corrected chi connectivity index (χ2v) is 5.83. The zero-order valence-electron chi connectivity index (χ0n) is 11.9. The lowest BCUT2D eigenvalue weighted by Crippen LogP contribution is -2.43. The van der Waals surface area contributed by atoms with Gasteiger partial charge < -0.3 is 10.1 Å². The summed E-state index contributed by atoms with van der Waals surface area (Å²) in [4.78, 5) is 2.47. The molecule has 1 aromatic rings. The number of ether oxygens (including phenoxy) is 1. The van der Waals surface area contributed by atoms with E-state index in [0.29, 0.717) is 18.2 Å². The maximum atomic E-state index is 5.68. The Morgan fingerprint density at radius 2 is 2.21 bits per heavy atom. The largest absolute Gasteiger partial charge is 0.377 e. The summed E-state index contributed by atoms with van der Waals surface area (Å²) in [6.07, 6.45) is 2.68. The predicted molar refractivity (Wildman–Crippen MR) is 77.3 cm³/mol. The van der Waals surface area contributed by atoms with E-state index < -0.39 is 0 Å². The van der Waals surface area contributed by atoms with Gasteiger partial charge in [0.05, 0.1) is 6.10 Å². The first-order valence-corrected chi connectivity index (χ1v) is 7.39. The molecule has 3 rings (SSSR count). The average molecular weight is 260 g/mol. The smallest absolute Gasteiger partial charge is 0.0702 e. The van der Waals surface area contributed by atoms with E-state index in [4.69, 9.17) is 4.74 Å². The van der Waals surface area contributed by atoms with Crippen LogP contribution in [-0.2, 0) is 11.2 Å². The fraction of sp³-hybridized carbons (Fsp3) is 0.625. The van der Waals surface area contributed by atoms with Gasteiger partial charge in [-0.2, -0.15) is 0 Å². The molecule has 0 radical (unpaired) electrons. The minimum atomic E-state index is 0.365. The van der Waals surface area contributed by atoms with Gasteiger partial charge in [0, 0.05) is 25.2 Å². The Balaban J connectivity index is 1.70. The molecule has 0 amide bonds. The molecule has 1 saturated heterocycles. The molecule has 0 spiro atoms. The minimum Gasteiger partial charge on any atom is -0.377 e. The highest BCUT2D eigenvalue weighted by Gasteiger charge is 2.30. The van der Waals surface area contributed by atoms with Crippen molar-refractivity contribution in [3.8, 4) is 0 Å². The molecule has 3 atom stereocenters. The van der Waals surface area contributed by atoms with Gasteiger partial charge in [-0.3, -0.25) is 4.90 Å². The molecule has 1 fully saturated rings. The third-order valence-electron chi connectivity index (χ3n) is 4.59. The van der Waals surface area contributed by atoms with Gasteiger partial charge in [0.15, 0.2) is 0 Å². The summed E-state index contributed by atoms with van der Waals surface area (Å²) in [6, 6.07) is 9.87. The lowest BCUT2D eigenvalue weighted by molar-refractivity contribution is 0.0800. The Hall–Kier alpha value is -0.900. The summed E-state index contributed by atoms with van der Waals surface area (Å²) in [6.45, 7) is 5.25. The van der Waals surface area contributed by atoms with Crippen LogP contribution in [0.15, 0.2) is 24.3 Å². The number of likely N-dealkylation sites (N-methyl/N-ethyl adjacent to an activating group) is 1. The molecule has 1 N–H and O–H groups in total. The normalized spacial score (nSPS) is 30.6. The zero-order valence-corrected chi connectivity index (χ0v) is 11.9. The number of hydrogen-bond donors (Lipinski definition) is 1. The number of nitrogens with one attached hydrogen (secondary N) is 1. The number of benzene rings is 1. The van der Waals surface area contributed by atoms with Crippen LogP contribution in [0.25, 0.3) is 0 Å². The van der Waals surface area contributed by atoms with Crippen molar-refractivity contribution in [1.82, 2.24) is 10.2 Å². The molecular weight excluding hydrogens is 236 g/mol. The fourth-order valence-corrected chi connectivity index (χ4v) is 3.48. The average Bonchev–Trinajstić information content (AvgIpc) is 2.85. The van der Waals surface area contributed by atoms with E-state index in [0.717, 1.165) is 32.5 Å². The Bertz CT molecular complexity index is 435. The number of nitrogens with zero attached hydrogens (tertiary/aromatic N) is 1. The van der Waals surface area contributed by atoms with Crippen molar-refractivity contribution in [3.63, 3.8) is 0 Å². The van der Waals surface area contributed by atoms with Crippen LogP contribution in [0.1, 0.15) is 30.5 Å². The van der Waals surface area contributed by atoms with Crippen molar-refractivity contribution in [2.24, 2.45) is 0 Å². The molecule has 0 aromatic heterocycles. The van der Waals surface area contributed by atoms with Gasteiger partial charge in [-0.15, -0.1) is 0 Å². The maximum absolute atomic E-state index is 5.68. The van der Waals surface area contributed by atoms with Crippen LogP contribution in [0, 0.1) is 0 Å². The maximum Gasteiger partial charge on any atom is 0.0702 e. The van der Waals surface area contributed by atoms with Gasteiger partial charge in [-0.25, -0.2) is 0 Å². The second kappa shape index (κ2) is 5.61. The molecule has 2 aliphatic rings. The van der Waals surface area contributed by atoms with E-state index in [2.05, 4.69) is 48.5 Å². The molecule has 0 saturated carbocycles. The molecule has 0 bridgehead atoms. The van der Waals surface area contributed by atoms with Crippen LogP contribution in [0.3, 0.4) is 0 Å². The highest BCUT2D eigenvalue weighted by molar-refractivity contribution is 5.32. The fourth-order valence-electron chi connectivity index (χ4n) is 3.48. The van der Waals surface area contributed by atoms with Crippen molar-refractivity contribution in [2.45, 2.75) is 38.0 Å². The van der Waals surface area contributed by atoms with Crippen LogP contribution in [0.4, 0.5) is 0 Å². The Morgan fingerprint density at radius 3 is 3.00 bits per heavy atom. The molecule has 3 heteroatoms. The Morgan fingerprint density at radius 1 is 1.37 bits per heavy atom. The number of rotatable bonds is 3. The van der Waals surface area contributed by atoms with E-state index in [1.54, 1.807) is 0 Å². The van der Waals surface area contributed by atoms with Gasteiger partial charge in [0.2, 0.25) is 0 Å². The zero-order chi connectivity index (χ0) is 13.2. The van der Waals surface area contributed by atoms with Gasteiger partial charge in [0.25, 0.3) is 0 Å². The van der Waals surface area contributed by atoms with Crippen molar-refractivity contribution < 1.29 is 4.74 Å².